The van der Waals surface area contributed by atoms with Crippen molar-refractivity contribution in [3.63, 3.8) is 0 Å². The van der Waals surface area contributed by atoms with Crippen LogP contribution in [0, 0.1) is 0 Å². The van der Waals surface area contributed by atoms with Gasteiger partial charge in [-0.15, -0.1) is 0 Å². The molecule has 0 atom stereocenters. The lowest BCUT2D eigenvalue weighted by atomic mass is 9.99. The van der Waals surface area contributed by atoms with E-state index in [0.29, 0.717) is 6.42 Å². The van der Waals surface area contributed by atoms with Gasteiger partial charge in [0.1, 0.15) is 5.75 Å². The summed E-state index contributed by atoms with van der Waals surface area (Å²) >= 11 is 0. The van der Waals surface area contributed by atoms with Gasteiger partial charge in [-0.3, -0.25) is 4.79 Å². The molecule has 0 aliphatic heterocycles. The van der Waals surface area contributed by atoms with Crippen LogP contribution in [-0.4, -0.2) is 31.5 Å². The first-order chi connectivity index (χ1) is 12.6. The van der Waals surface area contributed by atoms with E-state index in [-0.39, 0.29) is 5.91 Å². The predicted molar refractivity (Wildman–Crippen MR) is 109 cm³/mol. The third-order valence-corrected chi connectivity index (χ3v) is 4.47. The normalized spacial score (nSPS) is 11.3. The Morgan fingerprint density at radius 3 is 2.35 bits per heavy atom. The zero-order valence-electron chi connectivity index (χ0n) is 16.1. The molecule has 0 N–H and O–H groups in total. The van der Waals surface area contributed by atoms with Crippen molar-refractivity contribution in [1.29, 1.82) is 0 Å². The average molecular weight is 351 g/mol. The number of carbonyl (C=O) groups is 1. The summed E-state index contributed by atoms with van der Waals surface area (Å²) in [6.07, 6.45) is 5.86. The molecule has 0 saturated heterocycles. The highest BCUT2D eigenvalue weighted by Crippen LogP contribution is 2.25. The molecule has 0 fully saturated rings. The summed E-state index contributed by atoms with van der Waals surface area (Å²) in [7, 11) is 3.55. The Labute approximate surface area is 157 Å². The molecule has 0 heterocycles. The molecule has 0 aromatic heterocycles. The van der Waals surface area contributed by atoms with E-state index in [4.69, 9.17) is 4.74 Å². The monoisotopic (exact) mass is 351 g/mol. The Morgan fingerprint density at radius 2 is 1.73 bits per heavy atom. The van der Waals surface area contributed by atoms with Gasteiger partial charge in [-0.2, -0.15) is 0 Å². The van der Waals surface area contributed by atoms with Gasteiger partial charge in [0.25, 0.3) is 0 Å². The van der Waals surface area contributed by atoms with Crippen molar-refractivity contribution in [2.75, 3.05) is 20.7 Å². The van der Waals surface area contributed by atoms with E-state index in [1.54, 1.807) is 7.11 Å². The Hall–Kier alpha value is -2.55. The van der Waals surface area contributed by atoms with Gasteiger partial charge in [0, 0.05) is 13.6 Å². The molecule has 1 amide bonds. The van der Waals surface area contributed by atoms with Gasteiger partial charge in [0.15, 0.2) is 0 Å². The van der Waals surface area contributed by atoms with Crippen LogP contribution in [-0.2, 0) is 4.79 Å². The number of rotatable bonds is 9. The zero-order valence-corrected chi connectivity index (χ0v) is 16.1. The molecule has 0 bridgehead atoms. The summed E-state index contributed by atoms with van der Waals surface area (Å²) in [6.45, 7) is 2.99. The van der Waals surface area contributed by atoms with Gasteiger partial charge >= 0.3 is 0 Å². The molecular formula is C23H29NO2. The minimum atomic E-state index is 0.152. The van der Waals surface area contributed by atoms with Gasteiger partial charge in [0.2, 0.25) is 5.91 Å². The van der Waals surface area contributed by atoms with Crippen LogP contribution < -0.4 is 4.74 Å². The number of unbranched alkanes of at least 4 members (excludes halogenated alkanes) is 2. The van der Waals surface area contributed by atoms with Crippen LogP contribution in [0.25, 0.3) is 11.6 Å². The summed E-state index contributed by atoms with van der Waals surface area (Å²) in [6, 6.07) is 18.0. The third-order valence-electron chi connectivity index (χ3n) is 4.47. The van der Waals surface area contributed by atoms with Crippen LogP contribution >= 0.6 is 0 Å². The maximum atomic E-state index is 12.7. The summed E-state index contributed by atoms with van der Waals surface area (Å²) in [5.41, 5.74) is 3.16. The zero-order chi connectivity index (χ0) is 18.8. The average Bonchev–Trinajstić information content (AvgIpc) is 2.68. The van der Waals surface area contributed by atoms with Crippen LogP contribution in [0.2, 0.25) is 0 Å². The fraction of sp³-hybridized carbons (Fsp3) is 0.348. The lowest BCUT2D eigenvalue weighted by molar-refractivity contribution is -0.128. The standard InChI is InChI=1S/C23H29NO2/c1-4-5-9-16-24(2)23(25)18-21(17-19-10-7-6-8-11-19)20-12-14-22(26-3)15-13-20/h6-8,10-15,17H,4-5,9,16,18H2,1-3H3/b21-17+. The van der Waals surface area contributed by atoms with E-state index in [0.717, 1.165) is 48.3 Å². The summed E-state index contributed by atoms with van der Waals surface area (Å²) < 4.78 is 5.25. The largest absolute Gasteiger partial charge is 0.497 e. The number of methoxy groups -OCH3 is 1. The summed E-state index contributed by atoms with van der Waals surface area (Å²) in [5, 5.41) is 0. The van der Waals surface area contributed by atoms with Crippen LogP contribution in [0.5, 0.6) is 5.75 Å². The van der Waals surface area contributed by atoms with Crippen molar-refractivity contribution in [2.45, 2.75) is 32.6 Å². The van der Waals surface area contributed by atoms with E-state index < -0.39 is 0 Å². The third kappa shape index (κ3) is 6.07. The Morgan fingerprint density at radius 1 is 1.04 bits per heavy atom. The lowest BCUT2D eigenvalue weighted by Crippen LogP contribution is -2.27. The molecule has 0 spiro atoms. The van der Waals surface area contributed by atoms with Gasteiger partial charge in [-0.05, 0) is 35.3 Å². The van der Waals surface area contributed by atoms with E-state index in [2.05, 4.69) is 25.1 Å². The molecule has 3 nitrogen and oxygen atoms in total. The smallest absolute Gasteiger partial charge is 0.226 e. The second-order valence-corrected chi connectivity index (χ2v) is 6.51. The molecule has 2 aromatic rings. The molecule has 0 unspecified atom stereocenters. The molecule has 3 heteroatoms. The van der Waals surface area contributed by atoms with E-state index in [1.807, 2.05) is 54.4 Å². The highest BCUT2D eigenvalue weighted by Gasteiger charge is 2.13. The van der Waals surface area contributed by atoms with Crippen LogP contribution in [0.1, 0.15) is 43.7 Å². The van der Waals surface area contributed by atoms with Crippen LogP contribution in [0.4, 0.5) is 0 Å². The maximum Gasteiger partial charge on any atom is 0.226 e. The first kappa shape index (κ1) is 19.8. The van der Waals surface area contributed by atoms with Crippen molar-refractivity contribution >= 4 is 17.6 Å². The number of carbonyl (C=O) groups excluding carboxylic acids is 1. The quantitative estimate of drug-likeness (QED) is 0.455. The topological polar surface area (TPSA) is 29.5 Å². The van der Waals surface area contributed by atoms with E-state index in [1.165, 1.54) is 0 Å². The van der Waals surface area contributed by atoms with Crippen molar-refractivity contribution in [3.05, 3.63) is 65.7 Å². The molecule has 0 aliphatic rings. The first-order valence-corrected chi connectivity index (χ1v) is 9.28. The lowest BCUT2D eigenvalue weighted by Gasteiger charge is -2.18. The maximum absolute atomic E-state index is 12.7. The summed E-state index contributed by atoms with van der Waals surface area (Å²) in [4.78, 5) is 14.5. The van der Waals surface area contributed by atoms with Gasteiger partial charge < -0.3 is 9.64 Å². The molecule has 0 saturated carbocycles. The highest BCUT2D eigenvalue weighted by molar-refractivity contribution is 5.94. The van der Waals surface area contributed by atoms with Gasteiger partial charge in [-0.1, -0.05) is 68.3 Å². The molecular weight excluding hydrogens is 322 g/mol. The Kier molecular flexibility index (Phi) is 7.94. The number of nitrogens with zero attached hydrogens (tertiary/aromatic N) is 1. The first-order valence-electron chi connectivity index (χ1n) is 9.28. The van der Waals surface area contributed by atoms with E-state index >= 15 is 0 Å². The SMILES string of the molecule is CCCCCN(C)C(=O)C/C(=C\c1ccccc1)c1ccc(OC)cc1. The molecule has 0 radical (unpaired) electrons. The number of ether oxygens (including phenoxy) is 1. The van der Waals surface area contributed by atoms with Gasteiger partial charge in [0.05, 0.1) is 13.5 Å². The van der Waals surface area contributed by atoms with Crippen molar-refractivity contribution in [3.8, 4) is 5.75 Å². The minimum Gasteiger partial charge on any atom is -0.497 e. The van der Waals surface area contributed by atoms with Crippen molar-refractivity contribution < 1.29 is 9.53 Å². The molecule has 2 rings (SSSR count). The second-order valence-electron chi connectivity index (χ2n) is 6.51. The number of amides is 1. The molecule has 26 heavy (non-hydrogen) atoms. The van der Waals surface area contributed by atoms with Crippen molar-refractivity contribution in [1.82, 2.24) is 4.90 Å². The van der Waals surface area contributed by atoms with Crippen LogP contribution in [0.15, 0.2) is 54.6 Å². The minimum absolute atomic E-state index is 0.152. The number of hydrogen-bond acceptors (Lipinski definition) is 2. The molecule has 0 aliphatic carbocycles. The molecule has 2 aromatic carbocycles. The fourth-order valence-electron chi connectivity index (χ4n) is 2.81. The van der Waals surface area contributed by atoms with Crippen LogP contribution in [0.3, 0.4) is 0 Å². The van der Waals surface area contributed by atoms with E-state index in [9.17, 15) is 4.79 Å². The number of benzene rings is 2. The number of hydrogen-bond donors (Lipinski definition) is 0. The molecule has 138 valence electrons. The van der Waals surface area contributed by atoms with Gasteiger partial charge in [-0.25, -0.2) is 0 Å². The predicted octanol–water partition coefficient (Wildman–Crippen LogP) is 5.27. The Bertz CT molecular complexity index is 705. The van der Waals surface area contributed by atoms with Crippen molar-refractivity contribution in [2.24, 2.45) is 0 Å². The summed E-state index contributed by atoms with van der Waals surface area (Å²) in [5.74, 6) is 0.968. The highest BCUT2D eigenvalue weighted by atomic mass is 16.5. The second kappa shape index (κ2) is 10.4. The Balaban J connectivity index is 2.20. The fourth-order valence-corrected chi connectivity index (χ4v) is 2.81.